The van der Waals surface area contributed by atoms with Crippen molar-refractivity contribution in [3.63, 3.8) is 0 Å². The quantitative estimate of drug-likeness (QED) is 0.723. The van der Waals surface area contributed by atoms with Gasteiger partial charge in [-0.05, 0) is 42.3 Å². The van der Waals surface area contributed by atoms with E-state index in [1.54, 1.807) is 25.1 Å². The molecule has 27 heavy (non-hydrogen) atoms. The Balaban J connectivity index is 2.04. The van der Waals surface area contributed by atoms with Gasteiger partial charge in [-0.25, -0.2) is 0 Å². The van der Waals surface area contributed by atoms with Gasteiger partial charge in [0.2, 0.25) is 5.76 Å². The predicted octanol–water partition coefficient (Wildman–Crippen LogP) is 3.00. The van der Waals surface area contributed by atoms with Crippen LogP contribution in [0.15, 0.2) is 45.6 Å². The number of β-amino-alcohol motifs (C(OH)–C–C–N with tert-alkyl or cyclic N) is 1. The normalized spacial score (nSPS) is 16.2. The van der Waals surface area contributed by atoms with E-state index in [2.05, 4.69) is 0 Å². The van der Waals surface area contributed by atoms with Gasteiger partial charge < -0.3 is 19.5 Å². The molecule has 0 radical (unpaired) electrons. The van der Waals surface area contributed by atoms with Crippen LogP contribution in [0.1, 0.15) is 33.3 Å². The van der Waals surface area contributed by atoms with E-state index in [1.807, 2.05) is 0 Å². The molecule has 1 aliphatic rings. The van der Waals surface area contributed by atoms with Crippen LogP contribution in [0.2, 0.25) is 5.02 Å². The third-order valence-corrected chi connectivity index (χ3v) is 5.18. The van der Waals surface area contributed by atoms with Crippen molar-refractivity contribution in [2.45, 2.75) is 13.0 Å². The Morgan fingerprint density at radius 1 is 1.22 bits per heavy atom. The number of hydrogen-bond acceptors (Lipinski definition) is 5. The first-order valence-electron chi connectivity index (χ1n) is 8.40. The maximum Gasteiger partial charge on any atom is 0.290 e. The average Bonchev–Trinajstić information content (AvgIpc) is 2.90. The van der Waals surface area contributed by atoms with Crippen molar-refractivity contribution < 1.29 is 19.4 Å². The second-order valence-electron chi connectivity index (χ2n) is 6.49. The fraction of sp³-hybridized carbons (Fsp3) is 0.200. The number of benzene rings is 2. The number of aromatic hydroxyl groups is 1. The molecular formula is C20H16ClNO5. The van der Waals surface area contributed by atoms with E-state index in [4.69, 9.17) is 16.0 Å². The van der Waals surface area contributed by atoms with Crippen LogP contribution < -0.4 is 5.43 Å². The van der Waals surface area contributed by atoms with Gasteiger partial charge in [-0.3, -0.25) is 9.59 Å². The van der Waals surface area contributed by atoms with Crippen LogP contribution in [-0.2, 0) is 0 Å². The zero-order valence-electron chi connectivity index (χ0n) is 14.4. The average molecular weight is 386 g/mol. The number of fused-ring (bicyclic) bond motifs is 2. The van der Waals surface area contributed by atoms with Gasteiger partial charge in [-0.2, -0.15) is 0 Å². The van der Waals surface area contributed by atoms with Crippen molar-refractivity contribution in [1.82, 2.24) is 4.90 Å². The molecule has 1 amide bonds. The Morgan fingerprint density at radius 2 is 2.00 bits per heavy atom. The Kier molecular flexibility index (Phi) is 4.17. The van der Waals surface area contributed by atoms with Crippen LogP contribution in [0.3, 0.4) is 0 Å². The molecule has 7 heteroatoms. The summed E-state index contributed by atoms with van der Waals surface area (Å²) < 4.78 is 5.80. The summed E-state index contributed by atoms with van der Waals surface area (Å²) in [6.45, 7) is 1.54. The molecule has 0 unspecified atom stereocenters. The lowest BCUT2D eigenvalue weighted by Gasteiger charge is -2.24. The highest BCUT2D eigenvalue weighted by molar-refractivity contribution is 6.32. The minimum absolute atomic E-state index is 0.0150. The molecular weight excluding hydrogens is 370 g/mol. The molecule has 0 bridgehead atoms. The number of carbonyl (C=O) groups is 1. The zero-order chi connectivity index (χ0) is 19.3. The van der Waals surface area contributed by atoms with Gasteiger partial charge in [0.25, 0.3) is 5.91 Å². The Hall–Kier alpha value is -2.83. The summed E-state index contributed by atoms with van der Waals surface area (Å²) in [4.78, 5) is 27.5. The SMILES string of the molecule is Cc1cc2oc3c(c(=O)c2cc1Cl)[C@H](c1cccc(O)c1)N(CCO)C3=O. The summed E-state index contributed by atoms with van der Waals surface area (Å²) in [6, 6.07) is 8.75. The van der Waals surface area contributed by atoms with E-state index in [1.165, 1.54) is 23.1 Å². The van der Waals surface area contributed by atoms with E-state index in [0.717, 1.165) is 5.56 Å². The molecule has 0 saturated carbocycles. The highest BCUT2D eigenvalue weighted by Gasteiger charge is 2.42. The van der Waals surface area contributed by atoms with Crippen LogP contribution in [-0.4, -0.2) is 34.2 Å². The molecule has 0 aliphatic carbocycles. The number of rotatable bonds is 3. The van der Waals surface area contributed by atoms with Crippen molar-refractivity contribution >= 4 is 28.5 Å². The topological polar surface area (TPSA) is 91.0 Å². The van der Waals surface area contributed by atoms with Crippen molar-refractivity contribution in [3.8, 4) is 5.75 Å². The molecule has 0 saturated heterocycles. The first kappa shape index (κ1) is 17.6. The van der Waals surface area contributed by atoms with E-state index >= 15 is 0 Å². The highest BCUT2D eigenvalue weighted by Crippen LogP contribution is 2.39. The lowest BCUT2D eigenvalue weighted by molar-refractivity contribution is 0.0691. The predicted molar refractivity (Wildman–Crippen MR) is 100 cm³/mol. The Morgan fingerprint density at radius 3 is 2.70 bits per heavy atom. The largest absolute Gasteiger partial charge is 0.508 e. The van der Waals surface area contributed by atoms with Gasteiger partial charge in [-0.1, -0.05) is 23.7 Å². The standard InChI is InChI=1S/C20H16ClNO5/c1-10-7-15-13(9-14(10)21)18(25)16-17(11-3-2-4-12(24)8-11)22(5-6-23)20(26)19(16)27-15/h2-4,7-9,17,23-24H,5-6H2,1H3/t17-/m0/s1. The molecule has 4 rings (SSSR count). The Labute approximate surface area is 159 Å². The highest BCUT2D eigenvalue weighted by atomic mass is 35.5. The van der Waals surface area contributed by atoms with Crippen molar-refractivity contribution in [3.05, 3.63) is 74.1 Å². The van der Waals surface area contributed by atoms with Gasteiger partial charge in [0.05, 0.1) is 23.6 Å². The van der Waals surface area contributed by atoms with Gasteiger partial charge in [0.15, 0.2) is 5.43 Å². The lowest BCUT2D eigenvalue weighted by atomic mass is 9.98. The Bertz CT molecular complexity index is 1140. The number of halogens is 1. The van der Waals surface area contributed by atoms with Crippen LogP contribution in [0, 0.1) is 6.92 Å². The number of phenolic OH excluding ortho intramolecular Hbond substituents is 1. The number of aliphatic hydroxyl groups excluding tert-OH is 1. The van der Waals surface area contributed by atoms with E-state index < -0.39 is 11.9 Å². The van der Waals surface area contributed by atoms with Crippen LogP contribution >= 0.6 is 11.6 Å². The monoisotopic (exact) mass is 385 g/mol. The van der Waals surface area contributed by atoms with Crippen molar-refractivity contribution in [2.75, 3.05) is 13.2 Å². The number of aliphatic hydroxyl groups is 1. The van der Waals surface area contributed by atoms with Gasteiger partial charge in [-0.15, -0.1) is 0 Å². The van der Waals surface area contributed by atoms with Gasteiger partial charge in [0.1, 0.15) is 11.3 Å². The van der Waals surface area contributed by atoms with Crippen molar-refractivity contribution in [1.29, 1.82) is 0 Å². The van der Waals surface area contributed by atoms with E-state index in [-0.39, 0.29) is 46.6 Å². The molecule has 0 spiro atoms. The number of hydrogen-bond donors (Lipinski definition) is 2. The number of nitrogens with zero attached hydrogens (tertiary/aromatic N) is 1. The molecule has 6 nitrogen and oxygen atoms in total. The number of amides is 1. The molecule has 2 heterocycles. The third kappa shape index (κ3) is 2.69. The summed E-state index contributed by atoms with van der Waals surface area (Å²) in [5, 5.41) is 20.0. The van der Waals surface area contributed by atoms with Crippen LogP contribution in [0.25, 0.3) is 11.0 Å². The smallest absolute Gasteiger partial charge is 0.290 e. The molecule has 1 aliphatic heterocycles. The summed E-state index contributed by atoms with van der Waals surface area (Å²) in [7, 11) is 0. The van der Waals surface area contributed by atoms with Crippen LogP contribution in [0.4, 0.5) is 0 Å². The fourth-order valence-corrected chi connectivity index (χ4v) is 3.68. The zero-order valence-corrected chi connectivity index (χ0v) is 15.2. The van der Waals surface area contributed by atoms with Gasteiger partial charge >= 0.3 is 0 Å². The van der Waals surface area contributed by atoms with Crippen LogP contribution in [0.5, 0.6) is 5.75 Å². The minimum atomic E-state index is -0.757. The molecule has 138 valence electrons. The molecule has 3 aromatic rings. The summed E-state index contributed by atoms with van der Waals surface area (Å²) in [5.41, 5.74) is 1.41. The van der Waals surface area contributed by atoms with Crippen molar-refractivity contribution in [2.24, 2.45) is 0 Å². The van der Waals surface area contributed by atoms with E-state index in [9.17, 15) is 19.8 Å². The first-order valence-corrected chi connectivity index (χ1v) is 8.77. The number of carbonyl (C=O) groups excluding carboxylic acids is 1. The lowest BCUT2D eigenvalue weighted by Crippen LogP contribution is -2.32. The third-order valence-electron chi connectivity index (χ3n) is 4.77. The number of aryl methyl sites for hydroxylation is 1. The summed E-state index contributed by atoms with van der Waals surface area (Å²) >= 11 is 6.17. The molecule has 2 aromatic carbocycles. The minimum Gasteiger partial charge on any atom is -0.508 e. The summed E-state index contributed by atoms with van der Waals surface area (Å²) in [6.07, 6.45) is 0. The molecule has 0 fully saturated rings. The van der Waals surface area contributed by atoms with E-state index in [0.29, 0.717) is 10.6 Å². The second kappa shape index (κ2) is 6.40. The molecule has 1 aromatic heterocycles. The maximum absolute atomic E-state index is 13.2. The fourth-order valence-electron chi connectivity index (χ4n) is 3.52. The molecule has 1 atom stereocenters. The maximum atomic E-state index is 13.2. The summed E-state index contributed by atoms with van der Waals surface area (Å²) in [5.74, 6) is -0.504. The first-order chi connectivity index (χ1) is 12.9. The second-order valence-corrected chi connectivity index (χ2v) is 6.90. The van der Waals surface area contributed by atoms with Gasteiger partial charge in [0, 0.05) is 11.6 Å². The molecule has 2 N–H and O–H groups in total. The number of phenols is 1.